The number of nitrogens with zero attached hydrogens (tertiary/aromatic N) is 2. The zero-order valence-electron chi connectivity index (χ0n) is 15.0. The van der Waals surface area contributed by atoms with E-state index in [2.05, 4.69) is 12.2 Å². The first-order chi connectivity index (χ1) is 12.5. The van der Waals surface area contributed by atoms with Gasteiger partial charge in [0, 0.05) is 41.8 Å². The maximum Gasteiger partial charge on any atom is 0.228 e. The molecule has 5 nitrogen and oxygen atoms in total. The van der Waals surface area contributed by atoms with Gasteiger partial charge in [0.05, 0.1) is 5.92 Å². The molecule has 7 heteroatoms. The fourth-order valence-electron chi connectivity index (χ4n) is 3.78. The van der Waals surface area contributed by atoms with Crippen LogP contribution in [0.5, 0.6) is 0 Å². The highest BCUT2D eigenvalue weighted by molar-refractivity contribution is 6.35. The molecular weight excluding hydrogens is 373 g/mol. The van der Waals surface area contributed by atoms with E-state index >= 15 is 0 Å². The third-order valence-electron chi connectivity index (χ3n) is 5.24. The lowest BCUT2D eigenvalue weighted by molar-refractivity contribution is -0.137. The van der Waals surface area contributed by atoms with Gasteiger partial charge >= 0.3 is 0 Å². The number of likely N-dealkylation sites (tertiary alicyclic amines) is 1. The molecule has 2 heterocycles. The summed E-state index contributed by atoms with van der Waals surface area (Å²) < 4.78 is 0. The SMILES string of the molecule is CCNCC1CCN(C(=O)C2CC(=O)N(c3cc(Cl)cc(Cl)c3)C2)CC1. The van der Waals surface area contributed by atoms with Gasteiger partial charge in [0.2, 0.25) is 11.8 Å². The summed E-state index contributed by atoms with van der Waals surface area (Å²) in [6, 6.07) is 5.06. The Morgan fingerprint density at radius 1 is 1.19 bits per heavy atom. The molecule has 0 saturated carbocycles. The van der Waals surface area contributed by atoms with Gasteiger partial charge in [-0.15, -0.1) is 0 Å². The van der Waals surface area contributed by atoms with E-state index < -0.39 is 0 Å². The normalized spacial score (nSPS) is 21.5. The Kier molecular flexibility index (Phi) is 6.43. The Bertz CT molecular complexity index is 654. The highest BCUT2D eigenvalue weighted by atomic mass is 35.5. The van der Waals surface area contributed by atoms with Crippen molar-refractivity contribution in [2.24, 2.45) is 11.8 Å². The second kappa shape index (κ2) is 8.59. The van der Waals surface area contributed by atoms with E-state index in [0.29, 0.717) is 28.2 Å². The zero-order chi connectivity index (χ0) is 18.7. The number of hydrogen-bond acceptors (Lipinski definition) is 3. The molecule has 2 aliphatic rings. The Morgan fingerprint density at radius 2 is 1.85 bits per heavy atom. The van der Waals surface area contributed by atoms with Gasteiger partial charge in [-0.1, -0.05) is 30.1 Å². The van der Waals surface area contributed by atoms with Gasteiger partial charge in [0.25, 0.3) is 0 Å². The van der Waals surface area contributed by atoms with Gasteiger partial charge < -0.3 is 15.1 Å². The maximum atomic E-state index is 12.9. The largest absolute Gasteiger partial charge is 0.342 e. The topological polar surface area (TPSA) is 52.7 Å². The summed E-state index contributed by atoms with van der Waals surface area (Å²) in [7, 11) is 0. The standard InChI is InChI=1S/C19H25Cl2N3O2/c1-2-22-11-13-3-5-23(6-4-13)19(26)14-7-18(25)24(12-14)17-9-15(20)8-16(21)10-17/h8-10,13-14,22H,2-7,11-12H2,1H3. The Labute approximate surface area is 164 Å². The van der Waals surface area contributed by atoms with Crippen molar-refractivity contribution in [2.75, 3.05) is 37.6 Å². The van der Waals surface area contributed by atoms with Crippen molar-refractivity contribution in [1.82, 2.24) is 10.2 Å². The highest BCUT2D eigenvalue weighted by Crippen LogP contribution is 2.31. The predicted octanol–water partition coefficient (Wildman–Crippen LogP) is 3.19. The van der Waals surface area contributed by atoms with E-state index in [4.69, 9.17) is 23.2 Å². The summed E-state index contributed by atoms with van der Waals surface area (Å²) in [5, 5.41) is 4.35. The van der Waals surface area contributed by atoms with Gasteiger partial charge in [-0.3, -0.25) is 9.59 Å². The molecule has 1 N–H and O–H groups in total. The van der Waals surface area contributed by atoms with Crippen LogP contribution < -0.4 is 10.2 Å². The minimum absolute atomic E-state index is 0.0521. The Morgan fingerprint density at radius 3 is 2.46 bits per heavy atom. The number of benzene rings is 1. The molecule has 1 aromatic rings. The van der Waals surface area contributed by atoms with Crippen molar-refractivity contribution in [2.45, 2.75) is 26.2 Å². The highest BCUT2D eigenvalue weighted by Gasteiger charge is 2.38. The molecule has 3 rings (SSSR count). The summed E-state index contributed by atoms with van der Waals surface area (Å²) in [6.45, 7) is 6.06. The summed E-state index contributed by atoms with van der Waals surface area (Å²) in [5.41, 5.74) is 0.659. The quantitative estimate of drug-likeness (QED) is 0.829. The van der Waals surface area contributed by atoms with Crippen molar-refractivity contribution < 1.29 is 9.59 Å². The van der Waals surface area contributed by atoms with Crippen LogP contribution in [0.4, 0.5) is 5.69 Å². The van der Waals surface area contributed by atoms with Gasteiger partial charge in [0.15, 0.2) is 0 Å². The number of anilines is 1. The summed E-state index contributed by atoms with van der Waals surface area (Å²) in [5.74, 6) is 0.388. The van der Waals surface area contributed by atoms with Crippen LogP contribution in [-0.2, 0) is 9.59 Å². The number of nitrogens with one attached hydrogen (secondary N) is 1. The third-order valence-corrected chi connectivity index (χ3v) is 5.68. The van der Waals surface area contributed by atoms with Crippen LogP contribution in [0.15, 0.2) is 18.2 Å². The second-order valence-corrected chi connectivity index (χ2v) is 7.98. The molecule has 2 fully saturated rings. The van der Waals surface area contributed by atoms with E-state index in [1.807, 2.05) is 4.90 Å². The van der Waals surface area contributed by atoms with Gasteiger partial charge in [-0.25, -0.2) is 0 Å². The maximum absolute atomic E-state index is 12.9. The average molecular weight is 398 g/mol. The molecule has 1 atom stereocenters. The molecule has 1 unspecified atom stereocenters. The van der Waals surface area contributed by atoms with Crippen molar-refractivity contribution in [3.63, 3.8) is 0 Å². The van der Waals surface area contributed by atoms with E-state index in [1.54, 1.807) is 23.1 Å². The van der Waals surface area contributed by atoms with Crippen LogP contribution in [0.25, 0.3) is 0 Å². The van der Waals surface area contributed by atoms with Crippen LogP contribution in [0.1, 0.15) is 26.2 Å². The van der Waals surface area contributed by atoms with Crippen molar-refractivity contribution >= 4 is 40.7 Å². The first-order valence-electron chi connectivity index (χ1n) is 9.24. The Hall–Kier alpha value is -1.30. The van der Waals surface area contributed by atoms with E-state index in [-0.39, 0.29) is 24.2 Å². The van der Waals surface area contributed by atoms with Crippen LogP contribution in [0.3, 0.4) is 0 Å². The lowest BCUT2D eigenvalue weighted by atomic mass is 9.95. The van der Waals surface area contributed by atoms with Gasteiger partial charge in [-0.05, 0) is 50.0 Å². The number of amides is 2. The number of halogens is 2. The molecular formula is C19H25Cl2N3O2. The van der Waals surface area contributed by atoms with E-state index in [0.717, 1.165) is 39.0 Å². The molecule has 0 aliphatic carbocycles. The molecule has 26 heavy (non-hydrogen) atoms. The number of carbonyl (C=O) groups excluding carboxylic acids is 2. The second-order valence-electron chi connectivity index (χ2n) is 7.11. The van der Waals surface area contributed by atoms with E-state index in [9.17, 15) is 9.59 Å². The van der Waals surface area contributed by atoms with Gasteiger partial charge in [0.1, 0.15) is 0 Å². The lowest BCUT2D eigenvalue weighted by Gasteiger charge is -2.33. The smallest absolute Gasteiger partial charge is 0.228 e. The molecule has 0 spiro atoms. The molecule has 2 amide bonds. The third kappa shape index (κ3) is 4.51. The number of rotatable bonds is 5. The van der Waals surface area contributed by atoms with Crippen molar-refractivity contribution in [1.29, 1.82) is 0 Å². The molecule has 0 radical (unpaired) electrons. The van der Waals surface area contributed by atoms with Crippen LogP contribution in [-0.4, -0.2) is 49.4 Å². The summed E-state index contributed by atoms with van der Waals surface area (Å²) >= 11 is 12.1. The fraction of sp³-hybridized carbons (Fsp3) is 0.579. The van der Waals surface area contributed by atoms with Crippen LogP contribution in [0, 0.1) is 11.8 Å². The average Bonchev–Trinajstić information content (AvgIpc) is 3.01. The number of hydrogen-bond donors (Lipinski definition) is 1. The number of piperidine rings is 1. The summed E-state index contributed by atoms with van der Waals surface area (Å²) in [6.07, 6.45) is 2.29. The van der Waals surface area contributed by atoms with Crippen molar-refractivity contribution in [3.8, 4) is 0 Å². The fourth-order valence-corrected chi connectivity index (χ4v) is 4.30. The monoisotopic (exact) mass is 397 g/mol. The zero-order valence-corrected chi connectivity index (χ0v) is 16.5. The first kappa shape index (κ1) is 19.5. The number of carbonyl (C=O) groups is 2. The van der Waals surface area contributed by atoms with Crippen LogP contribution >= 0.6 is 23.2 Å². The molecule has 1 aromatic carbocycles. The van der Waals surface area contributed by atoms with Crippen molar-refractivity contribution in [3.05, 3.63) is 28.2 Å². The van der Waals surface area contributed by atoms with E-state index in [1.165, 1.54) is 0 Å². The molecule has 0 aromatic heterocycles. The summed E-state index contributed by atoms with van der Waals surface area (Å²) in [4.78, 5) is 28.8. The first-order valence-corrected chi connectivity index (χ1v) is 9.99. The molecule has 2 aliphatic heterocycles. The predicted molar refractivity (Wildman–Crippen MR) is 105 cm³/mol. The molecule has 2 saturated heterocycles. The minimum atomic E-state index is -0.287. The lowest BCUT2D eigenvalue weighted by Crippen LogP contribution is -2.44. The van der Waals surface area contributed by atoms with Crippen LogP contribution in [0.2, 0.25) is 10.0 Å². The molecule has 0 bridgehead atoms. The Balaban J connectivity index is 1.59. The molecule has 142 valence electrons. The van der Waals surface area contributed by atoms with Gasteiger partial charge in [-0.2, -0.15) is 0 Å². The minimum Gasteiger partial charge on any atom is -0.342 e.